The lowest BCUT2D eigenvalue weighted by Gasteiger charge is -2.14. The second-order valence-electron chi connectivity index (χ2n) is 5.00. The lowest BCUT2D eigenvalue weighted by atomic mass is 10.1. The molecule has 0 amide bonds. The zero-order valence-electron chi connectivity index (χ0n) is 12.3. The van der Waals surface area contributed by atoms with Gasteiger partial charge in [0.2, 0.25) is 0 Å². The van der Waals surface area contributed by atoms with Crippen LogP contribution >= 0.6 is 0 Å². The first kappa shape index (κ1) is 15.3. The highest BCUT2D eigenvalue weighted by atomic mass is 19.1. The summed E-state index contributed by atoms with van der Waals surface area (Å²) < 4.78 is 19.6. The molecule has 1 aromatic carbocycles. The molecule has 0 saturated heterocycles. The fourth-order valence-electron chi connectivity index (χ4n) is 1.91. The number of hydrogen-bond acceptors (Lipinski definition) is 4. The van der Waals surface area contributed by atoms with Crippen LogP contribution in [0, 0.1) is 5.82 Å². The van der Waals surface area contributed by atoms with E-state index in [2.05, 4.69) is 10.3 Å². The molecule has 0 aliphatic rings. The van der Waals surface area contributed by atoms with Crippen LogP contribution in [0.25, 0.3) is 0 Å². The highest BCUT2D eigenvalue weighted by molar-refractivity contribution is 5.50. The van der Waals surface area contributed by atoms with Gasteiger partial charge in [0.05, 0.1) is 6.10 Å². The maximum atomic E-state index is 13.9. The number of ether oxygens (including phenoxy) is 1. The first-order chi connectivity index (χ1) is 10.1. The van der Waals surface area contributed by atoms with E-state index in [0.29, 0.717) is 30.2 Å². The predicted molar refractivity (Wildman–Crippen MR) is 81.6 cm³/mol. The molecule has 2 rings (SSSR count). The molecule has 0 radical (unpaired) electrons. The smallest absolute Gasteiger partial charge is 0.169 e. The molecule has 4 nitrogen and oxygen atoms in total. The van der Waals surface area contributed by atoms with E-state index in [1.807, 2.05) is 26.0 Å². The molecule has 112 valence electrons. The average molecular weight is 289 g/mol. The van der Waals surface area contributed by atoms with Gasteiger partial charge in [0, 0.05) is 24.8 Å². The van der Waals surface area contributed by atoms with Crippen molar-refractivity contribution in [2.24, 2.45) is 5.73 Å². The van der Waals surface area contributed by atoms with Gasteiger partial charge in [-0.05, 0) is 37.6 Å². The van der Waals surface area contributed by atoms with Crippen molar-refractivity contribution in [1.82, 2.24) is 4.98 Å². The topological polar surface area (TPSA) is 60.2 Å². The maximum Gasteiger partial charge on any atom is 0.169 e. The molecule has 0 spiro atoms. The Morgan fingerprint density at radius 3 is 2.81 bits per heavy atom. The van der Waals surface area contributed by atoms with E-state index < -0.39 is 0 Å². The standard InChI is InChI=1S/C16H20FN3O/c1-11(2)21-15-4-3-7-19-16(15)20-10-13-6-5-12(9-18)8-14(13)17/h3-8,11H,9-10,18H2,1-2H3,(H,19,20). The number of hydrogen-bond donors (Lipinski definition) is 2. The molecule has 0 atom stereocenters. The van der Waals surface area contributed by atoms with E-state index in [0.717, 1.165) is 5.56 Å². The molecule has 0 unspecified atom stereocenters. The molecule has 3 N–H and O–H groups in total. The van der Waals surface area contributed by atoms with Crippen LogP contribution in [0.1, 0.15) is 25.0 Å². The summed E-state index contributed by atoms with van der Waals surface area (Å²) >= 11 is 0. The monoisotopic (exact) mass is 289 g/mol. The van der Waals surface area contributed by atoms with Gasteiger partial charge in [0.1, 0.15) is 5.82 Å². The number of anilines is 1. The Balaban J connectivity index is 2.09. The minimum atomic E-state index is -0.271. The van der Waals surface area contributed by atoms with Crippen LogP contribution in [-0.2, 0) is 13.1 Å². The van der Waals surface area contributed by atoms with E-state index in [-0.39, 0.29) is 11.9 Å². The van der Waals surface area contributed by atoms with Crippen LogP contribution in [-0.4, -0.2) is 11.1 Å². The zero-order valence-corrected chi connectivity index (χ0v) is 12.3. The van der Waals surface area contributed by atoms with Crippen molar-refractivity contribution < 1.29 is 9.13 Å². The number of nitrogens with two attached hydrogens (primary N) is 1. The second kappa shape index (κ2) is 7.04. The van der Waals surface area contributed by atoms with Gasteiger partial charge < -0.3 is 15.8 Å². The number of nitrogens with zero attached hydrogens (tertiary/aromatic N) is 1. The number of benzene rings is 1. The Bertz CT molecular complexity index is 602. The molecule has 2 aromatic rings. The summed E-state index contributed by atoms with van der Waals surface area (Å²) in [5, 5.41) is 3.11. The largest absolute Gasteiger partial charge is 0.487 e. The SMILES string of the molecule is CC(C)Oc1cccnc1NCc1ccc(CN)cc1F. The van der Waals surface area contributed by atoms with Crippen molar-refractivity contribution >= 4 is 5.82 Å². The van der Waals surface area contributed by atoms with Gasteiger partial charge in [-0.15, -0.1) is 0 Å². The van der Waals surface area contributed by atoms with E-state index in [1.54, 1.807) is 18.3 Å². The third-order valence-electron chi connectivity index (χ3n) is 2.93. The molecular formula is C16H20FN3O. The summed E-state index contributed by atoms with van der Waals surface area (Å²) in [7, 11) is 0. The highest BCUT2D eigenvalue weighted by Crippen LogP contribution is 2.23. The van der Waals surface area contributed by atoms with Crippen LogP contribution in [0.15, 0.2) is 36.5 Å². The summed E-state index contributed by atoms with van der Waals surface area (Å²) in [5.41, 5.74) is 6.83. The fourth-order valence-corrected chi connectivity index (χ4v) is 1.91. The summed E-state index contributed by atoms with van der Waals surface area (Å²) in [6.45, 7) is 4.56. The lowest BCUT2D eigenvalue weighted by molar-refractivity contribution is 0.243. The minimum absolute atomic E-state index is 0.0512. The molecule has 1 heterocycles. The van der Waals surface area contributed by atoms with Crippen LogP contribution in [0.5, 0.6) is 5.75 Å². The van der Waals surface area contributed by atoms with Crippen LogP contribution in [0.3, 0.4) is 0 Å². The van der Waals surface area contributed by atoms with Crippen LogP contribution < -0.4 is 15.8 Å². The molecule has 0 bridgehead atoms. The molecule has 21 heavy (non-hydrogen) atoms. The van der Waals surface area contributed by atoms with Crippen molar-refractivity contribution in [3.63, 3.8) is 0 Å². The van der Waals surface area contributed by atoms with Crippen LogP contribution in [0.2, 0.25) is 0 Å². The van der Waals surface area contributed by atoms with Crippen molar-refractivity contribution in [3.05, 3.63) is 53.5 Å². The average Bonchev–Trinajstić information content (AvgIpc) is 2.46. The Kier molecular flexibility index (Phi) is 5.11. The Hall–Kier alpha value is -2.14. The lowest BCUT2D eigenvalue weighted by Crippen LogP contribution is -2.10. The molecule has 0 aliphatic heterocycles. The van der Waals surface area contributed by atoms with Gasteiger partial charge in [0.15, 0.2) is 11.6 Å². The first-order valence-corrected chi connectivity index (χ1v) is 6.93. The number of aromatic nitrogens is 1. The van der Waals surface area contributed by atoms with Gasteiger partial charge in [-0.2, -0.15) is 0 Å². The molecule has 0 saturated carbocycles. The van der Waals surface area contributed by atoms with Gasteiger partial charge in [-0.1, -0.05) is 12.1 Å². The molecular weight excluding hydrogens is 269 g/mol. The van der Waals surface area contributed by atoms with Gasteiger partial charge in [0.25, 0.3) is 0 Å². The van der Waals surface area contributed by atoms with Crippen LogP contribution in [0.4, 0.5) is 10.2 Å². The number of rotatable bonds is 6. The van der Waals surface area contributed by atoms with E-state index in [1.165, 1.54) is 6.07 Å². The van der Waals surface area contributed by atoms with Crippen molar-refractivity contribution in [1.29, 1.82) is 0 Å². The summed E-state index contributed by atoms with van der Waals surface area (Å²) in [4.78, 5) is 4.23. The minimum Gasteiger partial charge on any atom is -0.487 e. The number of pyridine rings is 1. The number of nitrogens with one attached hydrogen (secondary N) is 1. The van der Waals surface area contributed by atoms with E-state index >= 15 is 0 Å². The summed E-state index contributed by atoms with van der Waals surface area (Å²) in [5.74, 6) is 0.993. The zero-order chi connectivity index (χ0) is 15.2. The Morgan fingerprint density at radius 2 is 2.14 bits per heavy atom. The van der Waals surface area contributed by atoms with Crippen molar-refractivity contribution in [2.75, 3.05) is 5.32 Å². The van der Waals surface area contributed by atoms with Gasteiger partial charge in [-0.3, -0.25) is 0 Å². The van der Waals surface area contributed by atoms with Gasteiger partial charge in [-0.25, -0.2) is 9.37 Å². The highest BCUT2D eigenvalue weighted by Gasteiger charge is 2.08. The summed E-state index contributed by atoms with van der Waals surface area (Å²) in [6.07, 6.45) is 1.72. The normalized spacial score (nSPS) is 10.7. The van der Waals surface area contributed by atoms with E-state index in [4.69, 9.17) is 10.5 Å². The third kappa shape index (κ3) is 4.16. The third-order valence-corrected chi connectivity index (χ3v) is 2.93. The van der Waals surface area contributed by atoms with Crippen molar-refractivity contribution in [2.45, 2.75) is 33.0 Å². The molecule has 0 aliphatic carbocycles. The Morgan fingerprint density at radius 1 is 1.33 bits per heavy atom. The fraction of sp³-hybridized carbons (Fsp3) is 0.312. The summed E-state index contributed by atoms with van der Waals surface area (Å²) in [6, 6.07) is 8.66. The first-order valence-electron chi connectivity index (χ1n) is 6.93. The quantitative estimate of drug-likeness (QED) is 0.858. The van der Waals surface area contributed by atoms with E-state index in [9.17, 15) is 4.39 Å². The molecule has 1 aromatic heterocycles. The second-order valence-corrected chi connectivity index (χ2v) is 5.00. The predicted octanol–water partition coefficient (Wildman–Crippen LogP) is 3.08. The maximum absolute atomic E-state index is 13.9. The Labute approximate surface area is 124 Å². The molecule has 5 heteroatoms. The number of halogens is 1. The van der Waals surface area contributed by atoms with Crippen molar-refractivity contribution in [3.8, 4) is 5.75 Å². The molecule has 0 fully saturated rings. The van der Waals surface area contributed by atoms with Gasteiger partial charge >= 0.3 is 0 Å².